The molecule has 0 radical (unpaired) electrons. The molecule has 0 aliphatic heterocycles. The second-order valence-corrected chi connectivity index (χ2v) is 5.52. The van der Waals surface area contributed by atoms with Crippen molar-refractivity contribution in [2.24, 2.45) is 5.73 Å². The monoisotopic (exact) mass is 353 g/mol. The Labute approximate surface area is 132 Å². The molecule has 1 unspecified atom stereocenters. The minimum absolute atomic E-state index is 0.264. The fourth-order valence-electron chi connectivity index (χ4n) is 2.20. The largest absolute Gasteiger partial charge is 0.496 e. The third kappa shape index (κ3) is 3.74. The van der Waals surface area contributed by atoms with E-state index in [1.165, 1.54) is 12.1 Å². The molecular formula is C16H17BrFNO2. The van der Waals surface area contributed by atoms with Gasteiger partial charge >= 0.3 is 0 Å². The molecule has 0 aromatic heterocycles. The zero-order chi connectivity index (χ0) is 15.4. The third-order valence-corrected chi connectivity index (χ3v) is 3.87. The Kier molecular flexibility index (Phi) is 5.20. The number of halogens is 2. The highest BCUT2D eigenvalue weighted by Crippen LogP contribution is 2.36. The molecule has 112 valence electrons. The summed E-state index contributed by atoms with van der Waals surface area (Å²) in [5.74, 6) is 1.09. The van der Waals surface area contributed by atoms with Crippen molar-refractivity contribution in [3.8, 4) is 11.5 Å². The van der Waals surface area contributed by atoms with Gasteiger partial charge < -0.3 is 15.2 Å². The summed E-state index contributed by atoms with van der Waals surface area (Å²) in [6, 6.07) is 9.78. The predicted octanol–water partition coefficient (Wildman–Crippen LogP) is 3.85. The van der Waals surface area contributed by atoms with Crippen LogP contribution in [0.2, 0.25) is 0 Å². The van der Waals surface area contributed by atoms with Crippen molar-refractivity contribution in [2.45, 2.75) is 12.5 Å². The Hall–Kier alpha value is -1.59. The Morgan fingerprint density at radius 2 is 1.86 bits per heavy atom. The van der Waals surface area contributed by atoms with E-state index < -0.39 is 0 Å². The molecule has 0 aliphatic carbocycles. The molecule has 3 nitrogen and oxygen atoms in total. The molecule has 21 heavy (non-hydrogen) atoms. The lowest BCUT2D eigenvalue weighted by molar-refractivity contribution is 0.393. The molecule has 2 N–H and O–H groups in total. The zero-order valence-electron chi connectivity index (χ0n) is 11.9. The minimum atomic E-state index is -0.316. The van der Waals surface area contributed by atoms with E-state index in [-0.39, 0.29) is 11.9 Å². The van der Waals surface area contributed by atoms with E-state index in [1.54, 1.807) is 20.3 Å². The van der Waals surface area contributed by atoms with Crippen molar-refractivity contribution >= 4 is 15.9 Å². The van der Waals surface area contributed by atoms with Crippen LogP contribution in [0.3, 0.4) is 0 Å². The van der Waals surface area contributed by atoms with Gasteiger partial charge in [-0.2, -0.15) is 0 Å². The van der Waals surface area contributed by atoms with E-state index in [2.05, 4.69) is 15.9 Å². The van der Waals surface area contributed by atoms with Crippen LogP contribution in [0.4, 0.5) is 4.39 Å². The van der Waals surface area contributed by atoms with Gasteiger partial charge in [-0.25, -0.2) is 4.39 Å². The van der Waals surface area contributed by atoms with Gasteiger partial charge in [0.2, 0.25) is 0 Å². The third-order valence-electron chi connectivity index (χ3n) is 3.25. The SMILES string of the molecule is COc1cc(C(N)Cc2cccc(F)c2)c(OC)cc1Br. The molecule has 2 rings (SSSR count). The molecule has 2 aromatic rings. The van der Waals surface area contributed by atoms with E-state index >= 15 is 0 Å². The van der Waals surface area contributed by atoms with Crippen LogP contribution in [0.15, 0.2) is 40.9 Å². The average molecular weight is 354 g/mol. The van der Waals surface area contributed by atoms with Crippen molar-refractivity contribution in [3.05, 3.63) is 57.8 Å². The van der Waals surface area contributed by atoms with Gasteiger partial charge in [-0.3, -0.25) is 0 Å². The minimum Gasteiger partial charge on any atom is -0.496 e. The number of hydrogen-bond acceptors (Lipinski definition) is 3. The van der Waals surface area contributed by atoms with Crippen LogP contribution in [0.1, 0.15) is 17.2 Å². The van der Waals surface area contributed by atoms with Crippen molar-refractivity contribution in [1.29, 1.82) is 0 Å². The summed E-state index contributed by atoms with van der Waals surface area (Å²) in [6.07, 6.45) is 0.513. The van der Waals surface area contributed by atoms with E-state index in [0.29, 0.717) is 17.9 Å². The fraction of sp³-hybridized carbons (Fsp3) is 0.250. The Morgan fingerprint density at radius 3 is 2.48 bits per heavy atom. The number of methoxy groups -OCH3 is 2. The first kappa shape index (κ1) is 15.8. The molecule has 0 saturated carbocycles. The van der Waals surface area contributed by atoms with Crippen molar-refractivity contribution in [2.75, 3.05) is 14.2 Å². The number of nitrogens with two attached hydrogens (primary N) is 1. The van der Waals surface area contributed by atoms with E-state index in [4.69, 9.17) is 15.2 Å². The van der Waals surface area contributed by atoms with Gasteiger partial charge in [0.1, 0.15) is 17.3 Å². The molecule has 2 aromatic carbocycles. The highest BCUT2D eigenvalue weighted by molar-refractivity contribution is 9.10. The average Bonchev–Trinajstić information content (AvgIpc) is 2.46. The fourth-order valence-corrected chi connectivity index (χ4v) is 2.69. The van der Waals surface area contributed by atoms with Gasteiger partial charge in [-0.05, 0) is 52.2 Å². The number of rotatable bonds is 5. The number of ether oxygens (including phenoxy) is 2. The van der Waals surface area contributed by atoms with Gasteiger partial charge in [0, 0.05) is 11.6 Å². The second kappa shape index (κ2) is 6.91. The summed E-state index contributed by atoms with van der Waals surface area (Å²) in [6.45, 7) is 0. The molecule has 0 fully saturated rings. The van der Waals surface area contributed by atoms with E-state index in [9.17, 15) is 4.39 Å². The van der Waals surface area contributed by atoms with Crippen LogP contribution in [0, 0.1) is 5.82 Å². The molecule has 0 amide bonds. The highest BCUT2D eigenvalue weighted by Gasteiger charge is 2.16. The first-order chi connectivity index (χ1) is 10.0. The van der Waals surface area contributed by atoms with Crippen molar-refractivity contribution in [3.63, 3.8) is 0 Å². The molecule has 0 aliphatic rings. The Bertz CT molecular complexity index is 634. The molecule has 0 heterocycles. The predicted molar refractivity (Wildman–Crippen MR) is 84.3 cm³/mol. The summed E-state index contributed by atoms with van der Waals surface area (Å²) in [5, 5.41) is 0. The van der Waals surface area contributed by atoms with Gasteiger partial charge in [0.15, 0.2) is 0 Å². The normalized spacial score (nSPS) is 12.0. The molecule has 0 saturated heterocycles. The zero-order valence-corrected chi connectivity index (χ0v) is 13.5. The van der Waals surface area contributed by atoms with Crippen LogP contribution < -0.4 is 15.2 Å². The number of benzene rings is 2. The van der Waals surface area contributed by atoms with Crippen LogP contribution in [0.25, 0.3) is 0 Å². The van der Waals surface area contributed by atoms with E-state index in [1.807, 2.05) is 18.2 Å². The molecule has 5 heteroatoms. The van der Waals surface area contributed by atoms with Crippen LogP contribution in [-0.4, -0.2) is 14.2 Å². The quantitative estimate of drug-likeness (QED) is 0.887. The summed E-state index contributed by atoms with van der Waals surface area (Å²) in [5.41, 5.74) is 7.91. The van der Waals surface area contributed by atoms with Crippen LogP contribution in [-0.2, 0) is 6.42 Å². The Morgan fingerprint density at radius 1 is 1.14 bits per heavy atom. The molecule has 0 bridgehead atoms. The van der Waals surface area contributed by atoms with Gasteiger partial charge in [0.25, 0.3) is 0 Å². The topological polar surface area (TPSA) is 44.5 Å². The summed E-state index contributed by atoms with van der Waals surface area (Å²) < 4.78 is 24.7. The van der Waals surface area contributed by atoms with Crippen molar-refractivity contribution in [1.82, 2.24) is 0 Å². The summed E-state index contributed by atoms with van der Waals surface area (Å²) in [7, 11) is 3.18. The maximum atomic E-state index is 13.2. The first-order valence-corrected chi connectivity index (χ1v) is 7.26. The standard InChI is InChI=1S/C16H17BrFNO2/c1-20-15-9-13(17)16(21-2)8-12(15)14(19)7-10-4-3-5-11(18)6-10/h3-6,8-9,14H,7,19H2,1-2H3. The van der Waals surface area contributed by atoms with Crippen LogP contribution in [0.5, 0.6) is 11.5 Å². The maximum Gasteiger partial charge on any atom is 0.133 e. The summed E-state index contributed by atoms with van der Waals surface area (Å²) >= 11 is 3.41. The van der Waals surface area contributed by atoms with E-state index in [0.717, 1.165) is 15.6 Å². The molecular weight excluding hydrogens is 337 g/mol. The first-order valence-electron chi connectivity index (χ1n) is 6.46. The lowest BCUT2D eigenvalue weighted by Gasteiger charge is -2.18. The smallest absolute Gasteiger partial charge is 0.133 e. The maximum absolute atomic E-state index is 13.2. The summed E-state index contributed by atoms with van der Waals surface area (Å²) in [4.78, 5) is 0. The van der Waals surface area contributed by atoms with Gasteiger partial charge in [-0.1, -0.05) is 12.1 Å². The number of hydrogen-bond donors (Lipinski definition) is 1. The van der Waals surface area contributed by atoms with Gasteiger partial charge in [-0.15, -0.1) is 0 Å². The highest BCUT2D eigenvalue weighted by atomic mass is 79.9. The lowest BCUT2D eigenvalue weighted by atomic mass is 9.98. The van der Waals surface area contributed by atoms with Crippen LogP contribution >= 0.6 is 15.9 Å². The Balaban J connectivity index is 2.31. The molecule has 0 spiro atoms. The molecule has 1 atom stereocenters. The van der Waals surface area contributed by atoms with Crippen molar-refractivity contribution < 1.29 is 13.9 Å². The lowest BCUT2D eigenvalue weighted by Crippen LogP contribution is -2.15. The second-order valence-electron chi connectivity index (χ2n) is 4.67. The van der Waals surface area contributed by atoms with Gasteiger partial charge in [0.05, 0.1) is 18.7 Å².